The van der Waals surface area contributed by atoms with Crippen LogP contribution in [0, 0.1) is 28.6 Å². The van der Waals surface area contributed by atoms with Crippen molar-refractivity contribution in [2.75, 3.05) is 30.3 Å². The van der Waals surface area contributed by atoms with E-state index in [0.717, 1.165) is 34.6 Å². The summed E-state index contributed by atoms with van der Waals surface area (Å²) in [4.78, 5) is 117. The van der Waals surface area contributed by atoms with Gasteiger partial charge in [-0.05, 0) is 79.4 Å². The van der Waals surface area contributed by atoms with E-state index in [1.807, 2.05) is 37.3 Å². The lowest BCUT2D eigenvalue weighted by Gasteiger charge is -2.59. The Labute approximate surface area is 440 Å². The number of aliphatic hydroxyl groups is 2. The summed E-state index contributed by atoms with van der Waals surface area (Å²) in [5.41, 5.74) is 0.717. The molecule has 0 radical (unpaired) electrons. The Hall–Kier alpha value is -7.24. The van der Waals surface area contributed by atoms with Crippen LogP contribution in [0.25, 0.3) is 0 Å². The van der Waals surface area contributed by atoms with Crippen LogP contribution in [-0.4, -0.2) is 122 Å². The molecule has 2 aliphatic heterocycles. The van der Waals surface area contributed by atoms with Crippen molar-refractivity contribution in [3.8, 4) is 0 Å². The van der Waals surface area contributed by atoms with Crippen molar-refractivity contribution < 1.29 is 72.7 Å². The molecule has 21 nitrogen and oxygen atoms in total. The average molecular weight is 1060 g/mol. The number of ether oxygens (including phenoxy) is 3. The SMILES string of the molecule is C[C@]12C=CC(=O)C=C1CC[C@@H]1[C@@H]2[C@@H](O)C[C@@]2(C)[C@H]1C[C@H]1O[C@@H](c3ccc(Cc4nc(NC(=O)OCc5ccc(NC(=O)[C@H](CCC(=O)O)NC(=O)CNC(=O)CCN6C(=O)C=CC6=O)cc5)cs4)cc3)O[C@]12C(=O)CO. The van der Waals surface area contributed by atoms with Gasteiger partial charge in [-0.1, -0.05) is 61.9 Å². The Balaban J connectivity index is 0.734. The predicted molar refractivity (Wildman–Crippen MR) is 269 cm³/mol. The van der Waals surface area contributed by atoms with Gasteiger partial charge in [-0.2, -0.15) is 0 Å². The zero-order valence-corrected chi connectivity index (χ0v) is 42.5. The Morgan fingerprint density at radius 1 is 0.934 bits per heavy atom. The first-order valence-corrected chi connectivity index (χ1v) is 26.0. The van der Waals surface area contributed by atoms with E-state index in [0.29, 0.717) is 41.1 Å². The molecule has 3 aromatic rings. The number of aromatic nitrogens is 1. The fraction of sp³-hybridized carbons (Fsp3) is 0.444. The van der Waals surface area contributed by atoms with E-state index in [2.05, 4.69) is 33.2 Å². The normalized spacial score (nSPS) is 28.3. The zero-order valence-electron chi connectivity index (χ0n) is 41.7. The number of allylic oxidation sites excluding steroid dienone is 4. The maximum atomic E-state index is 14.0. The highest BCUT2D eigenvalue weighted by molar-refractivity contribution is 7.10. The number of amides is 6. The lowest BCUT2D eigenvalue weighted by Crippen LogP contribution is -2.63. The minimum absolute atomic E-state index is 0.0273. The molecule has 1 aromatic heterocycles. The summed E-state index contributed by atoms with van der Waals surface area (Å²) in [5.74, 6) is -4.79. The van der Waals surface area contributed by atoms with Gasteiger partial charge in [-0.3, -0.25) is 48.6 Å². The highest BCUT2D eigenvalue weighted by atomic mass is 32.1. The molecule has 2 aromatic carbocycles. The number of carboxylic acid groups (broad SMARTS) is 1. The summed E-state index contributed by atoms with van der Waals surface area (Å²) < 4.78 is 18.7. The largest absolute Gasteiger partial charge is 0.481 e. The number of nitrogens with one attached hydrogen (secondary N) is 4. The molecule has 76 heavy (non-hydrogen) atoms. The number of imide groups is 1. The second-order valence-corrected chi connectivity index (χ2v) is 21.5. The van der Waals surface area contributed by atoms with Gasteiger partial charge in [0.2, 0.25) is 17.7 Å². The van der Waals surface area contributed by atoms with Gasteiger partial charge in [0, 0.05) is 71.3 Å². The number of anilines is 2. The monoisotopic (exact) mass is 1060 g/mol. The molecule has 9 rings (SSSR count). The van der Waals surface area contributed by atoms with Crippen LogP contribution in [-0.2, 0) is 65.6 Å². The molecule has 7 N–H and O–H groups in total. The number of hydrogen-bond donors (Lipinski definition) is 7. The van der Waals surface area contributed by atoms with E-state index in [9.17, 15) is 58.5 Å². The van der Waals surface area contributed by atoms with Crippen LogP contribution in [0.4, 0.5) is 16.3 Å². The molecule has 6 aliphatic rings. The smallest absolute Gasteiger partial charge is 0.413 e. The first kappa shape index (κ1) is 53.6. The number of benzene rings is 2. The Kier molecular flexibility index (Phi) is 15.4. The molecule has 1 saturated heterocycles. The van der Waals surface area contributed by atoms with Crippen LogP contribution < -0.4 is 21.3 Å². The molecule has 3 heterocycles. The Bertz CT molecular complexity index is 2920. The number of fused-ring (bicyclic) bond motifs is 7. The predicted octanol–water partition coefficient (Wildman–Crippen LogP) is 3.80. The third-order valence-corrected chi connectivity index (χ3v) is 16.8. The van der Waals surface area contributed by atoms with Crippen LogP contribution in [0.15, 0.2) is 89.9 Å². The van der Waals surface area contributed by atoms with E-state index in [1.54, 1.807) is 29.7 Å². The van der Waals surface area contributed by atoms with Gasteiger partial charge in [0.25, 0.3) is 11.8 Å². The molecule has 0 bridgehead atoms. The Morgan fingerprint density at radius 2 is 1.66 bits per heavy atom. The summed E-state index contributed by atoms with van der Waals surface area (Å²) in [7, 11) is 0. The first-order chi connectivity index (χ1) is 36.3. The molecular formula is C54H58N6O15S. The van der Waals surface area contributed by atoms with Gasteiger partial charge < -0.3 is 45.5 Å². The van der Waals surface area contributed by atoms with Crippen LogP contribution in [0.1, 0.15) is 86.8 Å². The third kappa shape index (κ3) is 10.6. The molecule has 6 amide bonds. The summed E-state index contributed by atoms with van der Waals surface area (Å²) in [5, 5.41) is 43.9. The highest BCUT2D eigenvalue weighted by Gasteiger charge is 2.76. The van der Waals surface area contributed by atoms with Crippen molar-refractivity contribution in [1.29, 1.82) is 0 Å². The van der Waals surface area contributed by atoms with E-state index in [-0.39, 0.29) is 61.8 Å². The number of rotatable bonds is 19. The molecule has 0 unspecified atom stereocenters. The van der Waals surface area contributed by atoms with Crippen LogP contribution in [0.2, 0.25) is 0 Å². The van der Waals surface area contributed by atoms with Gasteiger partial charge in [-0.25, -0.2) is 9.78 Å². The second kappa shape index (κ2) is 21.8. The molecule has 4 aliphatic carbocycles. The number of carbonyl (C=O) groups excluding carboxylic acids is 8. The number of carbonyl (C=O) groups is 9. The summed E-state index contributed by atoms with van der Waals surface area (Å²) in [6.45, 7) is 2.49. The van der Waals surface area contributed by atoms with Crippen molar-refractivity contribution in [1.82, 2.24) is 20.5 Å². The Morgan fingerprint density at radius 3 is 2.37 bits per heavy atom. The number of thiazole rings is 1. The molecule has 4 fully saturated rings. The van der Waals surface area contributed by atoms with Gasteiger partial charge in [0.15, 0.2) is 23.5 Å². The number of aliphatic carboxylic acids is 1. The maximum absolute atomic E-state index is 14.0. The van der Waals surface area contributed by atoms with Crippen molar-refractivity contribution in [3.63, 3.8) is 0 Å². The minimum Gasteiger partial charge on any atom is -0.481 e. The summed E-state index contributed by atoms with van der Waals surface area (Å²) in [6.07, 6.45) is 6.10. The van der Waals surface area contributed by atoms with Crippen molar-refractivity contribution >= 4 is 76.0 Å². The number of nitrogens with zero attached hydrogens (tertiary/aromatic N) is 2. The van der Waals surface area contributed by atoms with E-state index in [1.165, 1.54) is 23.5 Å². The van der Waals surface area contributed by atoms with E-state index < -0.39 is 108 Å². The second-order valence-electron chi connectivity index (χ2n) is 20.5. The van der Waals surface area contributed by atoms with Crippen molar-refractivity contribution in [2.45, 2.75) is 102 Å². The third-order valence-electron chi connectivity index (χ3n) is 16.0. The number of carboxylic acids is 1. The molecular weight excluding hydrogens is 1000 g/mol. The molecule has 10 atom stereocenters. The van der Waals surface area contributed by atoms with Gasteiger partial charge in [0.05, 0.1) is 23.8 Å². The minimum atomic E-state index is -1.47. The first-order valence-electron chi connectivity index (χ1n) is 25.1. The number of ketones is 2. The molecule has 3 saturated carbocycles. The van der Waals surface area contributed by atoms with E-state index >= 15 is 0 Å². The fourth-order valence-electron chi connectivity index (χ4n) is 12.4. The lowest BCUT2D eigenvalue weighted by atomic mass is 9.46. The highest BCUT2D eigenvalue weighted by Crippen LogP contribution is 2.70. The molecule has 22 heteroatoms. The van der Waals surface area contributed by atoms with Crippen molar-refractivity contribution in [3.05, 3.63) is 112 Å². The van der Waals surface area contributed by atoms with Crippen LogP contribution in [0.5, 0.6) is 0 Å². The molecule has 400 valence electrons. The van der Waals surface area contributed by atoms with Crippen molar-refractivity contribution in [2.24, 2.45) is 28.6 Å². The van der Waals surface area contributed by atoms with Gasteiger partial charge in [-0.15, -0.1) is 11.3 Å². The zero-order chi connectivity index (χ0) is 54.1. The average Bonchev–Trinajstić information content (AvgIpc) is 4.33. The number of aliphatic hydroxyl groups excluding tert-OH is 2. The number of hydrogen-bond acceptors (Lipinski definition) is 16. The molecule has 0 spiro atoms. The number of Topliss-reactive ketones (excluding diaryl/α,β-unsaturated/α-hetero) is 1. The summed E-state index contributed by atoms with van der Waals surface area (Å²) >= 11 is 1.34. The van der Waals surface area contributed by atoms with Crippen LogP contribution >= 0.6 is 11.3 Å². The van der Waals surface area contributed by atoms with Gasteiger partial charge >= 0.3 is 12.1 Å². The maximum Gasteiger partial charge on any atom is 0.413 e. The van der Waals surface area contributed by atoms with E-state index in [4.69, 9.17) is 14.2 Å². The topological polar surface area (TPSA) is 306 Å². The lowest BCUT2D eigenvalue weighted by molar-refractivity contribution is -0.201. The quantitative estimate of drug-likeness (QED) is 0.0840. The van der Waals surface area contributed by atoms with Gasteiger partial charge in [0.1, 0.15) is 25.1 Å². The standard InChI is InChI=1S/C54H58N6O15S/c1-52-19-17-34(62)22-32(52)9-12-35-36-23-40-54(39(64)26-61,53(36,2)24-38(63)48(35)52)75-50(74-40)31-7-3-29(4-8-31)21-44-58-41(28-76-44)59-51(72)73-27-30-5-10-33(11-6-30)56-49(71)37(13-16-47(69)70)57-43(66)25-55-42(65)18-20-60-45(67)14-15-46(60)68/h3-8,10-11,14-15,17,19,22,28,35-38,40,48,50,61,63H,9,12-13,16,18,20-21,23-27H2,1-2H3,(H,55,65)(H,56,71)(H,57,66)(H,59,72)(H,69,70)/t35-,36-,37-,38-,40+,48+,50+,52-,53-,54+/m0/s1. The fourth-order valence-corrected chi connectivity index (χ4v) is 13.1. The summed E-state index contributed by atoms with van der Waals surface area (Å²) in [6, 6.07) is 12.5. The van der Waals surface area contributed by atoms with Crippen LogP contribution in [0.3, 0.4) is 0 Å².